The molecule has 0 fully saturated rings. The van der Waals surface area contributed by atoms with Gasteiger partial charge in [0.1, 0.15) is 0 Å². The predicted octanol–water partition coefficient (Wildman–Crippen LogP) is 4.03. The number of aryl methyl sites for hydroxylation is 1. The molecular weight excluding hydrogens is 444 g/mol. The molecule has 0 unspecified atom stereocenters. The molecule has 1 amide bonds. The van der Waals surface area contributed by atoms with Crippen molar-refractivity contribution < 1.29 is 19.2 Å². The van der Waals surface area contributed by atoms with Crippen LogP contribution in [0.25, 0.3) is 5.69 Å². The average Bonchev–Trinajstić information content (AvgIpc) is 3.10. The molecule has 33 heavy (non-hydrogen) atoms. The van der Waals surface area contributed by atoms with E-state index in [2.05, 4.69) is 10.5 Å². The lowest BCUT2D eigenvalue weighted by Gasteiger charge is -2.10. The monoisotopic (exact) mass is 466 g/mol. The van der Waals surface area contributed by atoms with E-state index in [1.54, 1.807) is 30.5 Å². The fourth-order valence-corrected chi connectivity index (χ4v) is 3.89. The first kappa shape index (κ1) is 23.7. The Kier molecular flexibility index (Phi) is 7.62. The highest BCUT2D eigenvalue weighted by Gasteiger charge is 2.11. The number of non-ortho nitro benzene ring substituents is 1. The van der Waals surface area contributed by atoms with Gasteiger partial charge in [0.25, 0.3) is 5.69 Å². The summed E-state index contributed by atoms with van der Waals surface area (Å²) in [6.07, 6.45) is 1.58. The van der Waals surface area contributed by atoms with Crippen molar-refractivity contribution in [3.05, 3.63) is 87.2 Å². The lowest BCUT2D eigenvalue weighted by Crippen LogP contribution is -2.19. The lowest BCUT2D eigenvalue weighted by atomic mass is 10.2. The van der Waals surface area contributed by atoms with Gasteiger partial charge in [0.15, 0.2) is 0 Å². The summed E-state index contributed by atoms with van der Waals surface area (Å²) in [5.41, 5.74) is 6.60. The fourth-order valence-electron chi connectivity index (χ4n) is 3.20. The number of rotatable bonds is 8. The van der Waals surface area contributed by atoms with Crippen LogP contribution in [-0.2, 0) is 9.53 Å². The number of hydrogen-bond acceptors (Lipinski definition) is 7. The van der Waals surface area contributed by atoms with E-state index in [0.717, 1.165) is 27.5 Å². The minimum atomic E-state index is -0.468. The van der Waals surface area contributed by atoms with Crippen molar-refractivity contribution in [3.63, 3.8) is 0 Å². The average molecular weight is 467 g/mol. The summed E-state index contributed by atoms with van der Waals surface area (Å²) in [7, 11) is 1.34. The normalized spacial score (nSPS) is 10.9. The molecule has 0 aliphatic rings. The molecule has 9 nitrogen and oxygen atoms in total. The number of esters is 1. The summed E-state index contributed by atoms with van der Waals surface area (Å²) in [5.74, 6) is -0.555. The van der Waals surface area contributed by atoms with Crippen LogP contribution in [0.3, 0.4) is 0 Å². The Balaban J connectivity index is 1.60. The Hall–Kier alpha value is -3.92. The van der Waals surface area contributed by atoms with Crippen LogP contribution in [0, 0.1) is 24.0 Å². The van der Waals surface area contributed by atoms with E-state index in [1.807, 2.05) is 36.6 Å². The zero-order valence-electron chi connectivity index (χ0n) is 18.3. The second-order valence-electron chi connectivity index (χ2n) is 7.03. The van der Waals surface area contributed by atoms with Crippen molar-refractivity contribution in [2.45, 2.75) is 18.7 Å². The van der Waals surface area contributed by atoms with Gasteiger partial charge in [-0.3, -0.25) is 14.9 Å². The van der Waals surface area contributed by atoms with Crippen LogP contribution >= 0.6 is 11.8 Å². The maximum absolute atomic E-state index is 12.1. The Morgan fingerprint density at radius 2 is 1.82 bits per heavy atom. The van der Waals surface area contributed by atoms with Crippen molar-refractivity contribution in [3.8, 4) is 5.69 Å². The largest absolute Gasteiger partial charge is 0.465 e. The number of nitro groups is 1. The summed E-state index contributed by atoms with van der Waals surface area (Å²) < 4.78 is 6.75. The smallest absolute Gasteiger partial charge is 0.337 e. The molecule has 1 heterocycles. The standard InChI is InChI=1S/C23H22N4O5S/c1-15-12-18(16(2)26(15)19-6-4-17(5-7-19)23(29)32-3)13-24-25-22(28)14-33-21-10-8-20(9-11-21)27(30)31/h4-13H,14H2,1-3H3,(H,25,28)/b24-13-. The van der Waals surface area contributed by atoms with Crippen molar-refractivity contribution in [1.29, 1.82) is 0 Å². The SMILES string of the molecule is COC(=O)c1ccc(-n2c(C)cc(/C=N\NC(=O)CSc3ccc([N+](=O)[O-])cc3)c2C)cc1. The number of hydrogen-bond donors (Lipinski definition) is 1. The zero-order valence-corrected chi connectivity index (χ0v) is 19.1. The Bertz CT molecular complexity index is 1200. The van der Waals surface area contributed by atoms with E-state index in [9.17, 15) is 19.7 Å². The summed E-state index contributed by atoms with van der Waals surface area (Å²) in [6, 6.07) is 15.0. The minimum absolute atomic E-state index is 0.00501. The van der Waals surface area contributed by atoms with Gasteiger partial charge in [-0.1, -0.05) is 0 Å². The number of thioether (sulfide) groups is 1. The van der Waals surface area contributed by atoms with Gasteiger partial charge in [-0.2, -0.15) is 5.10 Å². The van der Waals surface area contributed by atoms with Crippen LogP contribution in [0.2, 0.25) is 0 Å². The molecule has 0 bridgehead atoms. The van der Waals surface area contributed by atoms with E-state index in [-0.39, 0.29) is 17.3 Å². The number of nitro benzene ring substituents is 1. The summed E-state index contributed by atoms with van der Waals surface area (Å²) in [5, 5.41) is 14.7. The van der Waals surface area contributed by atoms with Crippen molar-refractivity contribution in [2.24, 2.45) is 5.10 Å². The van der Waals surface area contributed by atoms with Crippen LogP contribution in [0.1, 0.15) is 27.3 Å². The quantitative estimate of drug-likeness (QED) is 0.176. The third kappa shape index (κ3) is 5.86. The Morgan fingerprint density at radius 1 is 1.15 bits per heavy atom. The highest BCUT2D eigenvalue weighted by atomic mass is 32.2. The Labute approximate surface area is 194 Å². The predicted molar refractivity (Wildman–Crippen MR) is 126 cm³/mol. The summed E-state index contributed by atoms with van der Waals surface area (Å²) in [6.45, 7) is 3.90. The number of benzene rings is 2. The number of carbonyl (C=O) groups excluding carboxylic acids is 2. The highest BCUT2D eigenvalue weighted by Crippen LogP contribution is 2.22. The van der Waals surface area contributed by atoms with Crippen molar-refractivity contribution in [1.82, 2.24) is 9.99 Å². The summed E-state index contributed by atoms with van der Waals surface area (Å²) in [4.78, 5) is 34.7. The molecule has 0 aliphatic carbocycles. The molecule has 170 valence electrons. The maximum atomic E-state index is 12.1. The van der Waals surface area contributed by atoms with Gasteiger partial charge in [-0.05, 0) is 56.3 Å². The lowest BCUT2D eigenvalue weighted by molar-refractivity contribution is -0.384. The first-order valence-corrected chi connectivity index (χ1v) is 10.9. The number of ether oxygens (including phenoxy) is 1. The first-order chi connectivity index (χ1) is 15.8. The first-order valence-electron chi connectivity index (χ1n) is 9.87. The number of carbonyl (C=O) groups is 2. The molecule has 0 aliphatic heterocycles. The molecule has 3 rings (SSSR count). The topological polar surface area (TPSA) is 116 Å². The number of hydrazone groups is 1. The number of amides is 1. The highest BCUT2D eigenvalue weighted by molar-refractivity contribution is 8.00. The van der Waals surface area contributed by atoms with E-state index in [0.29, 0.717) is 5.56 Å². The number of nitrogens with zero attached hydrogens (tertiary/aromatic N) is 3. The van der Waals surface area contributed by atoms with Crippen molar-refractivity contribution >= 4 is 35.5 Å². The third-order valence-electron chi connectivity index (χ3n) is 4.83. The molecule has 0 spiro atoms. The van der Waals surface area contributed by atoms with Gasteiger partial charge >= 0.3 is 5.97 Å². The molecule has 0 saturated carbocycles. The maximum Gasteiger partial charge on any atom is 0.337 e. The number of aromatic nitrogens is 1. The molecule has 2 aromatic carbocycles. The second-order valence-corrected chi connectivity index (χ2v) is 8.08. The minimum Gasteiger partial charge on any atom is -0.465 e. The number of nitrogens with one attached hydrogen (secondary N) is 1. The molecule has 3 aromatic rings. The fraction of sp³-hybridized carbons (Fsp3) is 0.174. The molecule has 0 atom stereocenters. The van der Waals surface area contributed by atoms with Gasteiger partial charge in [-0.25, -0.2) is 10.2 Å². The molecular formula is C23H22N4O5S. The van der Waals surface area contributed by atoms with E-state index in [1.165, 1.54) is 31.0 Å². The molecule has 0 saturated heterocycles. The van der Waals surface area contributed by atoms with Crippen LogP contribution in [0.15, 0.2) is 64.6 Å². The molecule has 1 N–H and O–H groups in total. The van der Waals surface area contributed by atoms with E-state index >= 15 is 0 Å². The molecule has 1 aromatic heterocycles. The summed E-state index contributed by atoms with van der Waals surface area (Å²) >= 11 is 1.26. The molecule has 0 radical (unpaired) electrons. The third-order valence-corrected chi connectivity index (χ3v) is 5.84. The van der Waals surface area contributed by atoms with Gasteiger partial charge in [0, 0.05) is 39.7 Å². The second kappa shape index (κ2) is 10.6. The van der Waals surface area contributed by atoms with Crippen LogP contribution < -0.4 is 5.43 Å². The van der Waals surface area contributed by atoms with E-state index < -0.39 is 10.9 Å². The Morgan fingerprint density at radius 3 is 2.42 bits per heavy atom. The van der Waals surface area contributed by atoms with E-state index in [4.69, 9.17) is 4.74 Å². The molecule has 10 heteroatoms. The van der Waals surface area contributed by atoms with Crippen LogP contribution in [-0.4, -0.2) is 40.4 Å². The van der Waals surface area contributed by atoms with Gasteiger partial charge in [0.2, 0.25) is 5.91 Å². The van der Waals surface area contributed by atoms with Gasteiger partial charge in [-0.15, -0.1) is 11.8 Å². The van der Waals surface area contributed by atoms with Gasteiger partial charge in [0.05, 0.1) is 29.6 Å². The van der Waals surface area contributed by atoms with Crippen LogP contribution in [0.5, 0.6) is 0 Å². The zero-order chi connectivity index (χ0) is 24.0. The van der Waals surface area contributed by atoms with Crippen LogP contribution in [0.4, 0.5) is 5.69 Å². The number of methoxy groups -OCH3 is 1. The van der Waals surface area contributed by atoms with Crippen molar-refractivity contribution in [2.75, 3.05) is 12.9 Å². The van der Waals surface area contributed by atoms with Gasteiger partial charge < -0.3 is 9.30 Å².